The number of rotatable bonds is 11. The summed E-state index contributed by atoms with van der Waals surface area (Å²) in [7, 11) is 5.89. The molecule has 4 nitrogen and oxygen atoms in total. The van der Waals surface area contributed by atoms with Crippen molar-refractivity contribution in [2.75, 3.05) is 21.1 Å². The zero-order valence-corrected chi connectivity index (χ0v) is 13.2. The molecule has 1 atom stereocenters. The Balaban J connectivity index is 0. The van der Waals surface area contributed by atoms with Gasteiger partial charge in [-0.3, -0.25) is 0 Å². The lowest BCUT2D eigenvalue weighted by Crippen LogP contribution is -2.49. The molecule has 1 unspecified atom stereocenters. The molecule has 0 aromatic heterocycles. The monoisotopic (exact) mass is 275 g/mol. The first-order valence-corrected chi connectivity index (χ1v) is 7.43. The highest BCUT2D eigenvalue weighted by Crippen LogP contribution is 2.15. The molecular weight excluding hydrogens is 242 g/mol. The molecule has 0 saturated carbocycles. The summed E-state index contributed by atoms with van der Waals surface area (Å²) in [6.45, 7) is 2.23. The van der Waals surface area contributed by atoms with E-state index in [1.807, 2.05) is 21.1 Å². The third-order valence-electron chi connectivity index (χ3n) is 3.55. The van der Waals surface area contributed by atoms with Crippen LogP contribution in [0.15, 0.2) is 0 Å². The zero-order valence-electron chi connectivity index (χ0n) is 13.2. The van der Waals surface area contributed by atoms with E-state index in [1.165, 1.54) is 44.9 Å². The molecule has 0 bridgehead atoms. The Bertz CT molecular complexity index is 224. The van der Waals surface area contributed by atoms with Gasteiger partial charge in [0.05, 0.1) is 21.1 Å². The molecule has 116 valence electrons. The SMILES string of the molecule is CCCCCCCCCCC(C(=O)O)[N+](C)(C)C.[OH-]. The van der Waals surface area contributed by atoms with E-state index in [9.17, 15) is 9.90 Å². The van der Waals surface area contributed by atoms with E-state index < -0.39 is 5.97 Å². The second-order valence-electron chi connectivity index (χ2n) is 6.23. The highest BCUT2D eigenvalue weighted by Gasteiger charge is 2.30. The lowest BCUT2D eigenvalue weighted by Gasteiger charge is -2.31. The van der Waals surface area contributed by atoms with Gasteiger partial charge in [0.2, 0.25) is 0 Å². The van der Waals surface area contributed by atoms with Gasteiger partial charge in [-0.15, -0.1) is 0 Å². The van der Waals surface area contributed by atoms with Crippen LogP contribution in [0.1, 0.15) is 64.7 Å². The summed E-state index contributed by atoms with van der Waals surface area (Å²) in [5.74, 6) is -0.662. The maximum absolute atomic E-state index is 11.2. The number of hydrogen-bond donors (Lipinski definition) is 1. The number of hydrogen-bond acceptors (Lipinski definition) is 2. The van der Waals surface area contributed by atoms with Gasteiger partial charge in [-0.1, -0.05) is 51.9 Å². The molecule has 0 fully saturated rings. The minimum Gasteiger partial charge on any atom is -0.870 e. The molecule has 0 heterocycles. The number of nitrogens with zero attached hydrogens (tertiary/aromatic N) is 1. The minimum atomic E-state index is -0.662. The molecule has 0 aromatic rings. The van der Waals surface area contributed by atoms with E-state index in [1.54, 1.807) is 0 Å². The fraction of sp³-hybridized carbons (Fsp3) is 0.933. The van der Waals surface area contributed by atoms with Gasteiger partial charge in [0.15, 0.2) is 6.04 Å². The Labute approximate surface area is 118 Å². The molecular formula is C15H33NO3. The second kappa shape index (κ2) is 11.2. The van der Waals surface area contributed by atoms with Crippen LogP contribution in [0.2, 0.25) is 0 Å². The molecule has 0 aromatic carbocycles. The van der Waals surface area contributed by atoms with E-state index in [0.717, 1.165) is 12.8 Å². The molecule has 0 aliphatic carbocycles. The molecule has 0 aliphatic heterocycles. The van der Waals surface area contributed by atoms with Crippen LogP contribution < -0.4 is 0 Å². The maximum atomic E-state index is 11.2. The molecule has 0 spiro atoms. The number of carboxylic acids is 1. The molecule has 0 rings (SSSR count). The Morgan fingerprint density at radius 1 is 0.947 bits per heavy atom. The summed E-state index contributed by atoms with van der Waals surface area (Å²) in [6, 6.07) is -0.259. The topological polar surface area (TPSA) is 67.3 Å². The average Bonchev–Trinajstić information content (AvgIpc) is 2.24. The van der Waals surface area contributed by atoms with Crippen molar-refractivity contribution in [3.8, 4) is 0 Å². The largest absolute Gasteiger partial charge is 0.870 e. The first-order valence-electron chi connectivity index (χ1n) is 7.43. The summed E-state index contributed by atoms with van der Waals surface area (Å²) in [5.41, 5.74) is 0. The standard InChI is InChI=1S/C15H31NO2.H2O/c1-5-6-7-8-9-10-11-12-13-14(15(17)18)16(2,3)4;/h14H,5-13H2,1-4H3;1H2. The van der Waals surface area contributed by atoms with Crippen LogP contribution in [0.5, 0.6) is 0 Å². The summed E-state index contributed by atoms with van der Waals surface area (Å²) in [6.07, 6.45) is 10.9. The zero-order chi connectivity index (χ0) is 14.0. The average molecular weight is 275 g/mol. The first kappa shape index (κ1) is 20.7. The van der Waals surface area contributed by atoms with Crippen molar-refractivity contribution in [3.63, 3.8) is 0 Å². The van der Waals surface area contributed by atoms with Crippen molar-refractivity contribution in [2.24, 2.45) is 0 Å². The molecule has 0 saturated heterocycles. The number of carboxylic acid groups (broad SMARTS) is 1. The van der Waals surface area contributed by atoms with E-state index in [-0.39, 0.29) is 11.5 Å². The van der Waals surface area contributed by atoms with Gasteiger partial charge in [-0.25, -0.2) is 4.79 Å². The van der Waals surface area contributed by atoms with Crippen molar-refractivity contribution < 1.29 is 19.9 Å². The fourth-order valence-electron chi connectivity index (χ4n) is 2.31. The lowest BCUT2D eigenvalue weighted by atomic mass is 10.0. The van der Waals surface area contributed by atoms with Crippen LogP contribution in [-0.4, -0.2) is 48.2 Å². The second-order valence-corrected chi connectivity index (χ2v) is 6.23. The molecule has 0 radical (unpaired) electrons. The van der Waals surface area contributed by atoms with Gasteiger partial charge in [0.25, 0.3) is 0 Å². The number of likely N-dealkylation sites (N-methyl/N-ethyl adjacent to an activating group) is 1. The van der Waals surface area contributed by atoms with Gasteiger partial charge in [-0.05, 0) is 6.42 Å². The van der Waals surface area contributed by atoms with Crippen LogP contribution in [0.3, 0.4) is 0 Å². The van der Waals surface area contributed by atoms with Crippen molar-refractivity contribution >= 4 is 5.97 Å². The van der Waals surface area contributed by atoms with Crippen LogP contribution >= 0.6 is 0 Å². The Hall–Kier alpha value is -0.610. The van der Waals surface area contributed by atoms with Crippen LogP contribution in [-0.2, 0) is 4.79 Å². The molecule has 4 heteroatoms. The quantitative estimate of drug-likeness (QED) is 0.463. The summed E-state index contributed by atoms with van der Waals surface area (Å²) in [5, 5.41) is 9.19. The van der Waals surface area contributed by atoms with Crippen molar-refractivity contribution in [2.45, 2.75) is 70.8 Å². The highest BCUT2D eigenvalue weighted by molar-refractivity contribution is 5.72. The van der Waals surface area contributed by atoms with E-state index in [0.29, 0.717) is 4.48 Å². The molecule has 19 heavy (non-hydrogen) atoms. The third-order valence-corrected chi connectivity index (χ3v) is 3.55. The van der Waals surface area contributed by atoms with Crippen molar-refractivity contribution in [1.29, 1.82) is 0 Å². The summed E-state index contributed by atoms with van der Waals surface area (Å²) < 4.78 is 0.520. The van der Waals surface area contributed by atoms with E-state index >= 15 is 0 Å². The van der Waals surface area contributed by atoms with Gasteiger partial charge in [-0.2, -0.15) is 0 Å². The van der Waals surface area contributed by atoms with Crippen LogP contribution in [0.25, 0.3) is 0 Å². The number of unbranched alkanes of at least 4 members (excludes halogenated alkanes) is 7. The minimum absolute atomic E-state index is 0. The fourth-order valence-corrected chi connectivity index (χ4v) is 2.31. The summed E-state index contributed by atoms with van der Waals surface area (Å²) >= 11 is 0. The Morgan fingerprint density at radius 3 is 1.74 bits per heavy atom. The van der Waals surface area contributed by atoms with Crippen LogP contribution in [0.4, 0.5) is 0 Å². The van der Waals surface area contributed by atoms with Gasteiger partial charge >= 0.3 is 5.97 Å². The molecule has 0 amide bonds. The molecule has 0 aliphatic rings. The normalized spacial score (nSPS) is 12.8. The maximum Gasteiger partial charge on any atom is 0.362 e. The summed E-state index contributed by atoms with van der Waals surface area (Å²) in [4.78, 5) is 11.2. The van der Waals surface area contributed by atoms with Gasteiger partial charge in [0.1, 0.15) is 0 Å². The Kier molecular flexibility index (Phi) is 12.2. The van der Waals surface area contributed by atoms with Crippen molar-refractivity contribution in [3.05, 3.63) is 0 Å². The van der Waals surface area contributed by atoms with E-state index in [4.69, 9.17) is 0 Å². The number of aliphatic carboxylic acids is 1. The predicted octanol–water partition coefficient (Wildman–Crippen LogP) is 3.50. The number of carbonyl (C=O) groups is 1. The third kappa shape index (κ3) is 11.0. The molecule has 2 N–H and O–H groups in total. The number of quaternary nitrogens is 1. The predicted molar refractivity (Wildman–Crippen MR) is 78.6 cm³/mol. The highest BCUT2D eigenvalue weighted by atomic mass is 16.4. The first-order chi connectivity index (χ1) is 8.39. The van der Waals surface area contributed by atoms with Crippen LogP contribution in [0, 0.1) is 0 Å². The van der Waals surface area contributed by atoms with Gasteiger partial charge < -0.3 is 15.1 Å². The van der Waals surface area contributed by atoms with Crippen molar-refractivity contribution in [1.82, 2.24) is 0 Å². The smallest absolute Gasteiger partial charge is 0.362 e. The Morgan fingerprint density at radius 2 is 1.37 bits per heavy atom. The van der Waals surface area contributed by atoms with E-state index in [2.05, 4.69) is 6.92 Å². The lowest BCUT2D eigenvalue weighted by molar-refractivity contribution is -0.887. The van der Waals surface area contributed by atoms with Gasteiger partial charge in [0, 0.05) is 6.42 Å².